The Kier molecular flexibility index (Phi) is 5.00. The highest BCUT2D eigenvalue weighted by atomic mass is 35.5. The van der Waals surface area contributed by atoms with Gasteiger partial charge < -0.3 is 14.6 Å². The summed E-state index contributed by atoms with van der Waals surface area (Å²) in [6.45, 7) is 2.40. The highest BCUT2D eigenvalue weighted by Gasteiger charge is 2.12. The maximum Gasteiger partial charge on any atom is 0.316 e. The lowest BCUT2D eigenvalue weighted by molar-refractivity contribution is 0.402. The molecule has 128 valence electrons. The van der Waals surface area contributed by atoms with Crippen molar-refractivity contribution < 1.29 is 4.74 Å². The molecule has 0 unspecified atom stereocenters. The fourth-order valence-corrected chi connectivity index (χ4v) is 2.52. The molecule has 0 aliphatic heterocycles. The summed E-state index contributed by atoms with van der Waals surface area (Å²) in [6.07, 6.45) is 4.85. The predicted octanol–water partition coefficient (Wildman–Crippen LogP) is 3.40. The van der Waals surface area contributed by atoms with Gasteiger partial charge >= 0.3 is 5.56 Å². The van der Waals surface area contributed by atoms with Crippen LogP contribution in [0.4, 0.5) is 11.6 Å². The zero-order chi connectivity index (χ0) is 17.8. The number of nitrogens with zero attached hydrogens (tertiary/aromatic N) is 3. The quantitative estimate of drug-likeness (QED) is 0.758. The summed E-state index contributed by atoms with van der Waals surface area (Å²) in [5.41, 5.74) is 2.14. The van der Waals surface area contributed by atoms with Crippen LogP contribution in [0.5, 0.6) is 5.75 Å². The summed E-state index contributed by atoms with van der Waals surface area (Å²) in [5, 5.41) is 3.68. The average Bonchev–Trinajstić information content (AvgIpc) is 2.62. The second kappa shape index (κ2) is 7.36. The van der Waals surface area contributed by atoms with Gasteiger partial charge in [0.25, 0.3) is 0 Å². The number of benzene rings is 1. The lowest BCUT2D eigenvalue weighted by atomic mass is 10.2. The van der Waals surface area contributed by atoms with E-state index in [1.54, 1.807) is 18.6 Å². The Balaban J connectivity index is 2.03. The van der Waals surface area contributed by atoms with E-state index in [2.05, 4.69) is 15.3 Å². The van der Waals surface area contributed by atoms with Gasteiger partial charge in [0.05, 0.1) is 36.8 Å². The standard InChI is InChI=1S/C18H17ClN4O2/c1-12-14(19)8-20-9-15(12)21-18-22-17(24)16(25-2)11-23(18)10-13-6-4-3-5-7-13/h3-9,11H,10H2,1-2H3,(H,21,22,24). The van der Waals surface area contributed by atoms with E-state index < -0.39 is 5.56 Å². The van der Waals surface area contributed by atoms with Crippen molar-refractivity contribution in [3.8, 4) is 5.75 Å². The molecule has 2 aromatic heterocycles. The van der Waals surface area contributed by atoms with E-state index in [1.165, 1.54) is 7.11 Å². The van der Waals surface area contributed by atoms with Crippen molar-refractivity contribution in [3.05, 3.63) is 75.4 Å². The van der Waals surface area contributed by atoms with Crippen LogP contribution >= 0.6 is 11.6 Å². The number of hydrogen-bond donors (Lipinski definition) is 1. The Hall–Kier alpha value is -2.86. The van der Waals surface area contributed by atoms with Crippen LogP contribution in [0, 0.1) is 6.92 Å². The molecular weight excluding hydrogens is 340 g/mol. The highest BCUT2D eigenvalue weighted by Crippen LogP contribution is 2.24. The molecule has 0 saturated carbocycles. The molecular formula is C18H17ClN4O2. The molecule has 2 heterocycles. The molecule has 0 radical (unpaired) electrons. The van der Waals surface area contributed by atoms with Gasteiger partial charge in [-0.2, -0.15) is 4.98 Å². The Morgan fingerprint density at radius 3 is 2.72 bits per heavy atom. The van der Waals surface area contributed by atoms with Gasteiger partial charge in [-0.25, -0.2) is 0 Å². The number of hydrogen-bond acceptors (Lipinski definition) is 5. The van der Waals surface area contributed by atoms with Crippen LogP contribution in [0.25, 0.3) is 0 Å². The summed E-state index contributed by atoms with van der Waals surface area (Å²) in [7, 11) is 1.45. The first kappa shape index (κ1) is 17.0. The van der Waals surface area contributed by atoms with Crippen LogP contribution in [0.2, 0.25) is 5.02 Å². The fourth-order valence-electron chi connectivity index (χ4n) is 2.36. The second-order valence-corrected chi connectivity index (χ2v) is 5.88. The number of methoxy groups -OCH3 is 1. The number of anilines is 2. The third-order valence-electron chi connectivity index (χ3n) is 3.78. The monoisotopic (exact) mass is 356 g/mol. The number of rotatable bonds is 5. The highest BCUT2D eigenvalue weighted by molar-refractivity contribution is 6.31. The summed E-state index contributed by atoms with van der Waals surface area (Å²) in [5.74, 6) is 0.573. The maximum atomic E-state index is 12.1. The smallest absolute Gasteiger partial charge is 0.316 e. The minimum atomic E-state index is -0.443. The molecule has 6 nitrogen and oxygen atoms in total. The van der Waals surface area contributed by atoms with Gasteiger partial charge in [0.1, 0.15) is 0 Å². The molecule has 7 heteroatoms. The normalized spacial score (nSPS) is 10.5. The number of ether oxygens (including phenoxy) is 1. The lowest BCUT2D eigenvalue weighted by Crippen LogP contribution is -2.19. The Bertz CT molecular complexity index is 942. The Morgan fingerprint density at radius 1 is 1.24 bits per heavy atom. The van der Waals surface area contributed by atoms with Crippen LogP contribution in [-0.4, -0.2) is 21.6 Å². The van der Waals surface area contributed by atoms with E-state index >= 15 is 0 Å². The molecule has 1 aromatic carbocycles. The molecule has 0 aliphatic rings. The molecule has 3 rings (SSSR count). The van der Waals surface area contributed by atoms with Gasteiger partial charge in [-0.05, 0) is 18.1 Å². The molecule has 0 fully saturated rings. The molecule has 0 spiro atoms. The van der Waals surface area contributed by atoms with Gasteiger partial charge in [0.15, 0.2) is 0 Å². The molecule has 0 atom stereocenters. The van der Waals surface area contributed by atoms with E-state index in [0.717, 1.165) is 11.1 Å². The van der Waals surface area contributed by atoms with Crippen molar-refractivity contribution in [2.75, 3.05) is 12.4 Å². The minimum Gasteiger partial charge on any atom is -0.490 e. The van der Waals surface area contributed by atoms with Crippen molar-refractivity contribution >= 4 is 23.2 Å². The number of halogens is 1. The second-order valence-electron chi connectivity index (χ2n) is 5.47. The van der Waals surface area contributed by atoms with Crippen molar-refractivity contribution in [2.24, 2.45) is 0 Å². The van der Waals surface area contributed by atoms with E-state index in [1.807, 2.05) is 41.8 Å². The van der Waals surface area contributed by atoms with Gasteiger partial charge in [0, 0.05) is 6.20 Å². The van der Waals surface area contributed by atoms with Crippen LogP contribution in [0.1, 0.15) is 11.1 Å². The lowest BCUT2D eigenvalue weighted by Gasteiger charge is -2.16. The Morgan fingerprint density at radius 2 is 2.00 bits per heavy atom. The third kappa shape index (κ3) is 3.80. The molecule has 1 N–H and O–H groups in total. The fraction of sp³-hybridized carbons (Fsp3) is 0.167. The molecule has 0 saturated heterocycles. The largest absolute Gasteiger partial charge is 0.490 e. The van der Waals surface area contributed by atoms with Crippen LogP contribution in [0.15, 0.2) is 53.7 Å². The van der Waals surface area contributed by atoms with Gasteiger partial charge in [-0.15, -0.1) is 0 Å². The van der Waals surface area contributed by atoms with Crippen LogP contribution in [-0.2, 0) is 6.54 Å². The van der Waals surface area contributed by atoms with E-state index in [-0.39, 0.29) is 5.75 Å². The summed E-state index contributed by atoms with van der Waals surface area (Å²) in [6, 6.07) is 9.87. The van der Waals surface area contributed by atoms with E-state index in [4.69, 9.17) is 16.3 Å². The van der Waals surface area contributed by atoms with Gasteiger partial charge in [-0.3, -0.25) is 9.78 Å². The summed E-state index contributed by atoms with van der Waals surface area (Å²) < 4.78 is 6.93. The van der Waals surface area contributed by atoms with Crippen molar-refractivity contribution in [2.45, 2.75) is 13.5 Å². The first-order valence-electron chi connectivity index (χ1n) is 7.65. The summed E-state index contributed by atoms with van der Waals surface area (Å²) in [4.78, 5) is 20.3. The number of pyridine rings is 1. The Labute approximate surface area is 150 Å². The van der Waals surface area contributed by atoms with Crippen LogP contribution in [0.3, 0.4) is 0 Å². The molecule has 0 amide bonds. The van der Waals surface area contributed by atoms with Crippen molar-refractivity contribution in [1.29, 1.82) is 0 Å². The van der Waals surface area contributed by atoms with Crippen molar-refractivity contribution in [3.63, 3.8) is 0 Å². The van der Waals surface area contributed by atoms with Gasteiger partial charge in [0.2, 0.25) is 11.7 Å². The topological polar surface area (TPSA) is 69.0 Å². The number of aromatic nitrogens is 3. The SMILES string of the molecule is COc1cn(Cc2ccccc2)c(Nc2cncc(Cl)c2C)nc1=O. The zero-order valence-electron chi connectivity index (χ0n) is 13.9. The van der Waals surface area contributed by atoms with Crippen molar-refractivity contribution in [1.82, 2.24) is 14.5 Å². The maximum absolute atomic E-state index is 12.1. The van der Waals surface area contributed by atoms with E-state index in [9.17, 15) is 4.79 Å². The van der Waals surface area contributed by atoms with Crippen LogP contribution < -0.4 is 15.6 Å². The molecule has 0 aliphatic carbocycles. The van der Waals surface area contributed by atoms with E-state index in [0.29, 0.717) is 23.2 Å². The third-order valence-corrected chi connectivity index (χ3v) is 4.16. The molecule has 3 aromatic rings. The first-order valence-corrected chi connectivity index (χ1v) is 8.03. The van der Waals surface area contributed by atoms with Gasteiger partial charge in [-0.1, -0.05) is 41.9 Å². The molecule has 25 heavy (non-hydrogen) atoms. The predicted molar refractivity (Wildman–Crippen MR) is 97.9 cm³/mol. The first-order chi connectivity index (χ1) is 12.1. The number of nitrogens with one attached hydrogen (secondary N) is 1. The zero-order valence-corrected chi connectivity index (χ0v) is 14.6. The summed E-state index contributed by atoms with van der Waals surface area (Å²) >= 11 is 6.12. The average molecular weight is 357 g/mol. The minimum absolute atomic E-state index is 0.183. The molecule has 0 bridgehead atoms.